The van der Waals surface area contributed by atoms with E-state index in [0.29, 0.717) is 0 Å². The van der Waals surface area contributed by atoms with Gasteiger partial charge < -0.3 is 0 Å². The van der Waals surface area contributed by atoms with Crippen LogP contribution < -0.4 is 0 Å². The Hall–Kier alpha value is 0.800. The monoisotopic (exact) mass is 308 g/mol. The summed E-state index contributed by atoms with van der Waals surface area (Å²) in [6.07, 6.45) is 0. The quantitative estimate of drug-likeness (QED) is 0.214. The van der Waals surface area contributed by atoms with Crippen molar-refractivity contribution in [3.8, 4) is 0 Å². The van der Waals surface area contributed by atoms with Crippen LogP contribution in [0.25, 0.3) is 0 Å². The molecule has 0 unspecified atom stereocenters. The first-order chi connectivity index (χ1) is 6.24. The molecule has 10 nitrogen and oxygen atoms in total. The number of hydrogen-bond acceptors (Lipinski definition) is 5. The van der Waals surface area contributed by atoms with Crippen molar-refractivity contribution in [2.24, 2.45) is 0 Å². The molecule has 0 aliphatic rings. The molecule has 86 valence electrons. The van der Waals surface area contributed by atoms with Crippen molar-refractivity contribution < 1.29 is 41.4 Å². The molecule has 0 aliphatic carbocycles. The predicted octanol–water partition coefficient (Wildman–Crippen LogP) is -5.01. The Labute approximate surface area is 115 Å². The average molecular weight is 308 g/mol. The van der Waals surface area contributed by atoms with Gasteiger partial charge in [0.1, 0.15) is 0 Å². The second-order valence-corrected chi connectivity index (χ2v) is 2.29. The third kappa shape index (κ3) is 3790. The van der Waals surface area contributed by atoms with Crippen LogP contribution in [-0.2, 0) is 21.8 Å². The fourth-order valence-electron chi connectivity index (χ4n) is 0. The molecule has 0 aliphatic heterocycles. The zero-order valence-electron chi connectivity index (χ0n) is 6.42. The van der Waals surface area contributed by atoms with Crippen LogP contribution in [0.2, 0.25) is 0 Å². The predicted molar refractivity (Wildman–Crippen MR) is 50.1 cm³/mol. The third-order valence-electron chi connectivity index (χ3n) is 0. The van der Waals surface area contributed by atoms with Gasteiger partial charge in [-0.05, 0) is 0 Å². The van der Waals surface area contributed by atoms with Gasteiger partial charge in [-0.25, -0.2) is 0 Å². The minimum absolute atomic E-state index is 0. The molecule has 0 amide bonds. The summed E-state index contributed by atoms with van der Waals surface area (Å²) in [7, 11) is -4.67. The molecule has 0 spiro atoms. The summed E-state index contributed by atoms with van der Waals surface area (Å²) in [5.41, 5.74) is 0. The van der Waals surface area contributed by atoms with E-state index in [2.05, 4.69) is 0 Å². The van der Waals surface area contributed by atoms with E-state index in [9.17, 15) is 0 Å². The average Bonchev–Trinajstić information content (AvgIpc) is 1.86. The molecule has 5 N–H and O–H groups in total. The van der Waals surface area contributed by atoms with Gasteiger partial charge in [0, 0.05) is 0 Å². The Morgan fingerprint density at radius 3 is 0.733 bits per heavy atom. The second kappa shape index (κ2) is 29.3. The van der Waals surface area contributed by atoms with Crippen molar-refractivity contribution in [1.82, 2.24) is 0 Å². The SMILES string of the molecule is O=S(=O)(O)O.[AlH3].[O]=[Al][OH].[O]=[Al][OH].[O]=[Al][OH]. The van der Waals surface area contributed by atoms with Gasteiger partial charge in [0.15, 0.2) is 17.4 Å². The maximum absolute atomic E-state index is 8.74. The molecule has 0 saturated carbocycles. The van der Waals surface area contributed by atoms with Crippen LogP contribution in [0, 0.1) is 0 Å². The van der Waals surface area contributed by atoms with Gasteiger partial charge in [-0.3, -0.25) is 9.11 Å². The van der Waals surface area contributed by atoms with Crippen LogP contribution in [-0.4, -0.2) is 93.8 Å². The molecule has 0 atom stereocenters. The molecule has 0 heterocycles. The Morgan fingerprint density at radius 2 is 0.733 bits per heavy atom. The summed E-state index contributed by atoms with van der Waals surface area (Å²) < 4.78 is 78.6. The van der Waals surface area contributed by atoms with Gasteiger partial charge in [0.2, 0.25) is 0 Å². The van der Waals surface area contributed by atoms with Crippen LogP contribution in [0.1, 0.15) is 0 Å². The van der Waals surface area contributed by atoms with E-state index in [1.807, 2.05) is 0 Å². The summed E-state index contributed by atoms with van der Waals surface area (Å²) in [6, 6.07) is 0. The first-order valence-corrected chi connectivity index (χ1v) is 6.54. The third-order valence-corrected chi connectivity index (χ3v) is 0. The van der Waals surface area contributed by atoms with E-state index in [4.69, 9.17) is 41.4 Å². The van der Waals surface area contributed by atoms with Crippen molar-refractivity contribution in [2.75, 3.05) is 0 Å². The molecule has 0 aromatic carbocycles. The van der Waals surface area contributed by atoms with E-state index < -0.39 is 56.9 Å². The van der Waals surface area contributed by atoms with Crippen molar-refractivity contribution in [3.05, 3.63) is 0 Å². The van der Waals surface area contributed by atoms with E-state index in [1.54, 1.807) is 0 Å². The topological polar surface area (TPSA) is 186 Å². The zero-order chi connectivity index (χ0) is 12.6. The Kier molecular flexibility index (Phi) is 58.1. The van der Waals surface area contributed by atoms with Crippen molar-refractivity contribution >= 4 is 74.2 Å². The number of rotatable bonds is 0. The molecular weight excluding hydrogens is 300 g/mol. The second-order valence-electron chi connectivity index (χ2n) is 0.764. The van der Waals surface area contributed by atoms with E-state index >= 15 is 0 Å². The fraction of sp³-hybridized carbons (Fsp3) is 0. The van der Waals surface area contributed by atoms with Crippen LogP contribution in [0.15, 0.2) is 0 Å². The molecule has 0 fully saturated rings. The first kappa shape index (κ1) is 29.7. The molecule has 0 saturated heterocycles. The Balaban J connectivity index is -0.0000000300. The van der Waals surface area contributed by atoms with Crippen LogP contribution >= 0.6 is 0 Å². The molecule has 0 rings (SSSR count). The maximum atomic E-state index is 8.74. The van der Waals surface area contributed by atoms with Gasteiger partial charge in [-0.1, -0.05) is 0 Å². The van der Waals surface area contributed by atoms with Gasteiger partial charge in [0.05, 0.1) is 0 Å². The first-order valence-electron chi connectivity index (χ1n) is 2.18. The van der Waals surface area contributed by atoms with Crippen LogP contribution in [0.5, 0.6) is 0 Å². The molecule has 0 radical (unpaired) electrons. The van der Waals surface area contributed by atoms with Crippen LogP contribution in [0.4, 0.5) is 0 Å². The number of hydrogen-bond donors (Lipinski definition) is 5. The molecule has 0 aromatic heterocycles. The van der Waals surface area contributed by atoms with E-state index in [1.165, 1.54) is 0 Å². The Bertz CT molecular complexity index is 183. The molecule has 15 heavy (non-hydrogen) atoms. The molecule has 15 heteroatoms. The summed E-state index contributed by atoms with van der Waals surface area (Å²) >= 11 is -4.50. The van der Waals surface area contributed by atoms with E-state index in [0.717, 1.165) is 0 Å². The van der Waals surface area contributed by atoms with Crippen LogP contribution in [0.3, 0.4) is 0 Å². The normalized spacial score (nSPS) is 5.47. The molecule has 0 aromatic rings. The summed E-state index contributed by atoms with van der Waals surface area (Å²) in [4.78, 5) is 0. The van der Waals surface area contributed by atoms with Crippen molar-refractivity contribution in [3.63, 3.8) is 0 Å². The van der Waals surface area contributed by atoms with Gasteiger partial charge in [-0.15, -0.1) is 0 Å². The van der Waals surface area contributed by atoms with Gasteiger partial charge in [-0.2, -0.15) is 8.42 Å². The summed E-state index contributed by atoms with van der Waals surface area (Å²) in [6.45, 7) is 0. The standard InChI is InChI=1S/4Al.H2O4S.3H2O.3O.3H/c;;;;1-5(2,3)4;;;;;;;;;/h;;;;(H2,1,2,3,4);3*1H2;;;;;;/q;3*+1;;;;;;;;;;/p-3. The minimum atomic E-state index is -4.67. The zero-order valence-corrected chi connectivity index (χ0v) is 10.7. The summed E-state index contributed by atoms with van der Waals surface area (Å²) in [5.74, 6) is 0. The van der Waals surface area contributed by atoms with Crippen molar-refractivity contribution in [2.45, 2.75) is 0 Å². The van der Waals surface area contributed by atoms with Crippen molar-refractivity contribution in [1.29, 1.82) is 0 Å². The van der Waals surface area contributed by atoms with Gasteiger partial charge >= 0.3 is 80.7 Å². The summed E-state index contributed by atoms with van der Waals surface area (Å²) in [5, 5.41) is 0. The molecule has 0 bridgehead atoms. The Morgan fingerprint density at radius 1 is 0.733 bits per heavy atom. The molecular formula is H8Al4O10S. The fourth-order valence-corrected chi connectivity index (χ4v) is 0. The van der Waals surface area contributed by atoms with Gasteiger partial charge in [0.25, 0.3) is 0 Å². The van der Waals surface area contributed by atoms with E-state index in [-0.39, 0.29) is 17.4 Å².